The van der Waals surface area contributed by atoms with Crippen molar-refractivity contribution in [3.8, 4) is 0 Å². The summed E-state index contributed by atoms with van der Waals surface area (Å²) in [5.41, 5.74) is 0.311. The van der Waals surface area contributed by atoms with Crippen LogP contribution in [0.4, 0.5) is 0 Å². The Balaban J connectivity index is 2.50. The van der Waals surface area contributed by atoms with Crippen LogP contribution in [0.25, 0.3) is 0 Å². The predicted octanol–water partition coefficient (Wildman–Crippen LogP) is 2.19. The minimum atomic E-state index is 0.264. The average molecular weight is 243 g/mol. The molecule has 3 unspecified atom stereocenters. The van der Waals surface area contributed by atoms with Gasteiger partial charge in [-0.3, -0.25) is 0 Å². The molecule has 0 aromatic heterocycles. The highest BCUT2D eigenvalue weighted by Gasteiger charge is 2.52. The van der Waals surface area contributed by atoms with Gasteiger partial charge in [0, 0.05) is 31.2 Å². The van der Waals surface area contributed by atoms with Crippen molar-refractivity contribution in [3.63, 3.8) is 0 Å². The third kappa shape index (κ3) is 3.01. The highest BCUT2D eigenvalue weighted by molar-refractivity contribution is 5.06. The number of nitrogens with one attached hydrogen (secondary N) is 1. The second kappa shape index (κ2) is 6.72. The van der Waals surface area contributed by atoms with Gasteiger partial charge in [0.25, 0.3) is 0 Å². The molecule has 3 nitrogen and oxygen atoms in total. The largest absolute Gasteiger partial charge is 0.396 e. The van der Waals surface area contributed by atoms with E-state index in [0.717, 1.165) is 19.6 Å². The zero-order valence-corrected chi connectivity index (χ0v) is 11.8. The second-order valence-corrected chi connectivity index (χ2v) is 5.37. The molecule has 0 heterocycles. The van der Waals surface area contributed by atoms with Crippen molar-refractivity contribution in [3.05, 3.63) is 0 Å². The van der Waals surface area contributed by atoms with Gasteiger partial charge in [0.1, 0.15) is 0 Å². The van der Waals surface area contributed by atoms with Crippen LogP contribution in [0.5, 0.6) is 0 Å². The summed E-state index contributed by atoms with van der Waals surface area (Å²) in [5.74, 6) is 0.340. The number of rotatable bonds is 8. The van der Waals surface area contributed by atoms with Gasteiger partial charge in [-0.1, -0.05) is 20.8 Å². The number of hydrogen-bond donors (Lipinski definition) is 2. The highest BCUT2D eigenvalue weighted by Crippen LogP contribution is 2.48. The molecule has 0 bridgehead atoms. The molecular weight excluding hydrogens is 214 g/mol. The Kier molecular flexibility index (Phi) is 5.90. The topological polar surface area (TPSA) is 41.5 Å². The molecule has 0 amide bonds. The normalized spacial score (nSPS) is 28.8. The van der Waals surface area contributed by atoms with Crippen LogP contribution in [0.15, 0.2) is 0 Å². The maximum absolute atomic E-state index is 9.05. The fraction of sp³-hybridized carbons (Fsp3) is 1.00. The summed E-state index contributed by atoms with van der Waals surface area (Å²) in [4.78, 5) is 0. The molecule has 0 radical (unpaired) electrons. The van der Waals surface area contributed by atoms with E-state index in [1.54, 1.807) is 0 Å². The fourth-order valence-corrected chi connectivity index (χ4v) is 3.08. The summed E-state index contributed by atoms with van der Waals surface area (Å²) in [6.45, 7) is 10.7. The minimum absolute atomic E-state index is 0.264. The van der Waals surface area contributed by atoms with E-state index in [1.165, 1.54) is 12.8 Å². The molecule has 1 fully saturated rings. The van der Waals surface area contributed by atoms with Crippen LogP contribution >= 0.6 is 0 Å². The molecule has 1 aliphatic carbocycles. The molecule has 0 spiro atoms. The first-order valence-electron chi connectivity index (χ1n) is 7.10. The van der Waals surface area contributed by atoms with Crippen LogP contribution < -0.4 is 5.32 Å². The molecule has 1 saturated carbocycles. The van der Waals surface area contributed by atoms with Gasteiger partial charge in [-0.05, 0) is 32.1 Å². The lowest BCUT2D eigenvalue weighted by atomic mass is 9.58. The van der Waals surface area contributed by atoms with Gasteiger partial charge in [0.05, 0.1) is 6.10 Å². The molecule has 1 rings (SSSR count). The molecule has 0 aromatic rings. The first kappa shape index (κ1) is 14.9. The number of aliphatic hydroxyl groups is 1. The predicted molar refractivity (Wildman–Crippen MR) is 71.1 cm³/mol. The van der Waals surface area contributed by atoms with Crippen LogP contribution in [0.2, 0.25) is 0 Å². The fourth-order valence-electron chi connectivity index (χ4n) is 3.08. The Morgan fingerprint density at radius 2 is 2.00 bits per heavy atom. The highest BCUT2D eigenvalue weighted by atomic mass is 16.5. The molecule has 3 heteroatoms. The maximum atomic E-state index is 9.05. The lowest BCUT2D eigenvalue weighted by Gasteiger charge is -2.56. The van der Waals surface area contributed by atoms with Crippen LogP contribution in [0.1, 0.15) is 47.0 Å². The third-order valence-electron chi connectivity index (χ3n) is 4.49. The van der Waals surface area contributed by atoms with E-state index in [4.69, 9.17) is 9.84 Å². The molecule has 3 atom stereocenters. The lowest BCUT2D eigenvalue weighted by molar-refractivity contribution is -0.138. The van der Waals surface area contributed by atoms with E-state index in [2.05, 4.69) is 33.0 Å². The van der Waals surface area contributed by atoms with E-state index >= 15 is 0 Å². The van der Waals surface area contributed by atoms with Crippen molar-refractivity contribution in [2.45, 2.75) is 59.1 Å². The van der Waals surface area contributed by atoms with Gasteiger partial charge in [0.2, 0.25) is 0 Å². The summed E-state index contributed by atoms with van der Waals surface area (Å²) in [6, 6.07) is 0.558. The summed E-state index contributed by atoms with van der Waals surface area (Å²) in [5, 5.41) is 12.7. The molecule has 102 valence electrons. The Morgan fingerprint density at radius 1 is 1.35 bits per heavy atom. The Labute approximate surface area is 106 Å². The summed E-state index contributed by atoms with van der Waals surface area (Å²) < 4.78 is 5.85. The lowest BCUT2D eigenvalue weighted by Crippen LogP contribution is -2.63. The summed E-state index contributed by atoms with van der Waals surface area (Å²) >= 11 is 0. The van der Waals surface area contributed by atoms with Crippen molar-refractivity contribution in [2.24, 2.45) is 11.3 Å². The average Bonchev–Trinajstić information content (AvgIpc) is 2.34. The monoisotopic (exact) mass is 243 g/mol. The van der Waals surface area contributed by atoms with Crippen LogP contribution in [0, 0.1) is 11.3 Å². The van der Waals surface area contributed by atoms with E-state index in [-0.39, 0.29) is 6.61 Å². The third-order valence-corrected chi connectivity index (χ3v) is 4.49. The molecule has 0 saturated heterocycles. The first-order valence-corrected chi connectivity index (χ1v) is 7.10. The zero-order chi connectivity index (χ0) is 12.9. The van der Waals surface area contributed by atoms with E-state index < -0.39 is 0 Å². The molecule has 17 heavy (non-hydrogen) atoms. The maximum Gasteiger partial charge on any atom is 0.0660 e. The number of aliphatic hydroxyl groups excluding tert-OH is 1. The minimum Gasteiger partial charge on any atom is -0.396 e. The molecule has 1 aliphatic rings. The van der Waals surface area contributed by atoms with Gasteiger partial charge >= 0.3 is 0 Å². The standard InChI is InChI=1S/C14H29NO2/c1-5-14(6-2)12(8-13(14)17-7-3)15-9-11(4)10-16/h11-13,15-16H,5-10H2,1-4H3. The van der Waals surface area contributed by atoms with Crippen LogP contribution in [-0.2, 0) is 4.74 Å². The van der Waals surface area contributed by atoms with Gasteiger partial charge < -0.3 is 15.2 Å². The van der Waals surface area contributed by atoms with Crippen molar-refractivity contribution in [2.75, 3.05) is 19.8 Å². The van der Waals surface area contributed by atoms with Crippen LogP contribution in [0.3, 0.4) is 0 Å². The summed E-state index contributed by atoms with van der Waals surface area (Å²) in [7, 11) is 0. The zero-order valence-electron chi connectivity index (χ0n) is 11.8. The first-order chi connectivity index (χ1) is 8.14. The van der Waals surface area contributed by atoms with Crippen molar-refractivity contribution in [1.82, 2.24) is 5.32 Å². The molecule has 0 aliphatic heterocycles. The molecule has 0 aromatic carbocycles. The Hall–Kier alpha value is -0.120. The number of ether oxygens (including phenoxy) is 1. The Morgan fingerprint density at radius 3 is 2.47 bits per heavy atom. The van der Waals surface area contributed by atoms with Gasteiger partial charge in [-0.2, -0.15) is 0 Å². The van der Waals surface area contributed by atoms with E-state index in [9.17, 15) is 0 Å². The van der Waals surface area contributed by atoms with Crippen LogP contribution in [-0.4, -0.2) is 37.0 Å². The van der Waals surface area contributed by atoms with Crippen molar-refractivity contribution < 1.29 is 9.84 Å². The van der Waals surface area contributed by atoms with E-state index in [0.29, 0.717) is 23.5 Å². The summed E-state index contributed by atoms with van der Waals surface area (Å²) in [6.07, 6.45) is 3.87. The van der Waals surface area contributed by atoms with Crippen molar-refractivity contribution in [1.29, 1.82) is 0 Å². The molecular formula is C14H29NO2. The molecule has 2 N–H and O–H groups in total. The Bertz CT molecular complexity index is 216. The number of hydrogen-bond acceptors (Lipinski definition) is 3. The quantitative estimate of drug-likeness (QED) is 0.686. The second-order valence-electron chi connectivity index (χ2n) is 5.37. The van der Waals surface area contributed by atoms with Crippen molar-refractivity contribution >= 4 is 0 Å². The smallest absolute Gasteiger partial charge is 0.0660 e. The van der Waals surface area contributed by atoms with E-state index in [1.807, 2.05) is 0 Å². The van der Waals surface area contributed by atoms with Gasteiger partial charge in [-0.25, -0.2) is 0 Å². The SMILES string of the molecule is CCOC1CC(NCC(C)CO)C1(CC)CC. The van der Waals surface area contributed by atoms with Gasteiger partial charge in [-0.15, -0.1) is 0 Å². The van der Waals surface area contributed by atoms with Gasteiger partial charge in [0.15, 0.2) is 0 Å².